The number of amides is 1. The summed E-state index contributed by atoms with van der Waals surface area (Å²) < 4.78 is 2.10. The van der Waals surface area contributed by atoms with E-state index >= 15 is 0 Å². The zero-order valence-corrected chi connectivity index (χ0v) is 14.5. The highest BCUT2D eigenvalue weighted by Crippen LogP contribution is 2.33. The van der Waals surface area contributed by atoms with Gasteiger partial charge in [-0.2, -0.15) is 0 Å². The number of aromatic nitrogens is 1. The largest absolute Gasteiger partial charge is 0.327 e. The lowest BCUT2D eigenvalue weighted by atomic mass is 10.1. The number of hydrogen-bond donors (Lipinski definition) is 0. The van der Waals surface area contributed by atoms with Crippen molar-refractivity contribution >= 4 is 16.8 Å². The van der Waals surface area contributed by atoms with E-state index in [2.05, 4.69) is 37.1 Å². The summed E-state index contributed by atoms with van der Waals surface area (Å²) in [5.41, 5.74) is 3.73. The summed E-state index contributed by atoms with van der Waals surface area (Å²) in [6, 6.07) is 6.24. The molecule has 0 bridgehead atoms. The Balaban J connectivity index is 2.18. The number of nitrogens with zero attached hydrogens (tertiary/aromatic N) is 2. The van der Waals surface area contributed by atoms with Gasteiger partial charge in [0.05, 0.1) is 23.7 Å². The molecule has 1 unspecified atom stereocenters. The minimum Gasteiger partial charge on any atom is -0.327 e. The van der Waals surface area contributed by atoms with E-state index in [4.69, 9.17) is 4.84 Å². The second-order valence-electron chi connectivity index (χ2n) is 7.29. The van der Waals surface area contributed by atoms with Crippen LogP contribution in [0.4, 0.5) is 0 Å². The van der Waals surface area contributed by atoms with E-state index in [0.29, 0.717) is 12.2 Å². The Morgan fingerprint density at radius 2 is 1.96 bits per heavy atom. The zero-order chi connectivity index (χ0) is 16.9. The van der Waals surface area contributed by atoms with Gasteiger partial charge in [0, 0.05) is 5.39 Å². The summed E-state index contributed by atoms with van der Waals surface area (Å²) in [6.07, 6.45) is 1.88. The van der Waals surface area contributed by atoms with Gasteiger partial charge in [0.2, 0.25) is 0 Å². The first-order valence-corrected chi connectivity index (χ1v) is 7.97. The highest BCUT2D eigenvalue weighted by Gasteiger charge is 2.34. The lowest BCUT2D eigenvalue weighted by Gasteiger charge is -2.36. The van der Waals surface area contributed by atoms with Crippen molar-refractivity contribution in [2.75, 3.05) is 6.54 Å². The Morgan fingerprint density at radius 3 is 2.57 bits per heavy atom. The Bertz CT molecular complexity index is 796. The molecule has 1 aliphatic heterocycles. The standard InChI is InChI=1S/C19H24N2O2/c1-7-15-11-20(23-19(4,5)6)18(22)16-10-14-9-12(2)8-13(3)17(14)21(15)16/h7-10,15H,1,11H2,2-6H3. The van der Waals surface area contributed by atoms with Crippen LogP contribution >= 0.6 is 0 Å². The van der Waals surface area contributed by atoms with Crippen molar-refractivity contribution in [2.45, 2.75) is 46.3 Å². The van der Waals surface area contributed by atoms with Crippen LogP contribution in [-0.2, 0) is 4.84 Å². The predicted octanol–water partition coefficient (Wildman–Crippen LogP) is 4.17. The normalized spacial score (nSPS) is 18.4. The van der Waals surface area contributed by atoms with Gasteiger partial charge in [0.15, 0.2) is 0 Å². The molecule has 122 valence electrons. The van der Waals surface area contributed by atoms with E-state index in [1.807, 2.05) is 32.9 Å². The van der Waals surface area contributed by atoms with Gasteiger partial charge in [-0.15, -0.1) is 6.58 Å². The van der Waals surface area contributed by atoms with Crippen molar-refractivity contribution in [3.8, 4) is 0 Å². The average molecular weight is 312 g/mol. The first-order chi connectivity index (χ1) is 10.7. The molecule has 0 saturated carbocycles. The Morgan fingerprint density at radius 1 is 1.26 bits per heavy atom. The molecule has 0 aliphatic carbocycles. The van der Waals surface area contributed by atoms with E-state index in [1.165, 1.54) is 16.2 Å². The van der Waals surface area contributed by atoms with Crippen LogP contribution in [0.3, 0.4) is 0 Å². The summed E-state index contributed by atoms with van der Waals surface area (Å²) in [4.78, 5) is 18.7. The van der Waals surface area contributed by atoms with E-state index < -0.39 is 5.60 Å². The van der Waals surface area contributed by atoms with Gasteiger partial charge < -0.3 is 4.57 Å². The maximum atomic E-state index is 12.9. The molecule has 1 aromatic carbocycles. The number of aryl methyl sites for hydroxylation is 2. The zero-order valence-electron chi connectivity index (χ0n) is 14.5. The summed E-state index contributed by atoms with van der Waals surface area (Å²) in [7, 11) is 0. The molecule has 2 aromatic rings. The van der Waals surface area contributed by atoms with Crippen LogP contribution in [0.15, 0.2) is 30.9 Å². The summed E-state index contributed by atoms with van der Waals surface area (Å²) in [6.45, 7) is 14.4. The third kappa shape index (κ3) is 2.68. The Kier molecular flexibility index (Phi) is 3.60. The van der Waals surface area contributed by atoms with Gasteiger partial charge in [-0.1, -0.05) is 17.7 Å². The van der Waals surface area contributed by atoms with Crippen molar-refractivity contribution in [2.24, 2.45) is 0 Å². The third-order valence-electron chi connectivity index (χ3n) is 4.05. The first-order valence-electron chi connectivity index (χ1n) is 7.97. The number of carbonyl (C=O) groups excluding carboxylic acids is 1. The smallest absolute Gasteiger partial charge is 0.294 e. The molecule has 4 nitrogen and oxygen atoms in total. The fourth-order valence-electron chi connectivity index (χ4n) is 3.33. The Hall–Kier alpha value is -2.07. The first kappa shape index (κ1) is 15.8. The molecule has 2 heterocycles. The van der Waals surface area contributed by atoms with Gasteiger partial charge in [-0.3, -0.25) is 9.63 Å². The molecular weight excluding hydrogens is 288 g/mol. The van der Waals surface area contributed by atoms with Gasteiger partial charge in [-0.25, -0.2) is 5.06 Å². The van der Waals surface area contributed by atoms with Crippen molar-refractivity contribution in [1.29, 1.82) is 0 Å². The van der Waals surface area contributed by atoms with Crippen LogP contribution in [0.2, 0.25) is 0 Å². The number of benzene rings is 1. The summed E-state index contributed by atoms with van der Waals surface area (Å²) in [5, 5.41) is 2.57. The lowest BCUT2D eigenvalue weighted by Crippen LogP contribution is -2.45. The van der Waals surface area contributed by atoms with Crippen molar-refractivity contribution in [3.05, 3.63) is 47.7 Å². The second kappa shape index (κ2) is 5.24. The van der Waals surface area contributed by atoms with Gasteiger partial charge in [0.25, 0.3) is 5.91 Å². The third-order valence-corrected chi connectivity index (χ3v) is 4.05. The van der Waals surface area contributed by atoms with Crippen LogP contribution in [0.25, 0.3) is 10.9 Å². The van der Waals surface area contributed by atoms with E-state index in [1.54, 1.807) is 0 Å². The van der Waals surface area contributed by atoms with E-state index in [-0.39, 0.29) is 11.9 Å². The maximum absolute atomic E-state index is 12.9. The van der Waals surface area contributed by atoms with Crippen LogP contribution < -0.4 is 0 Å². The van der Waals surface area contributed by atoms with Crippen LogP contribution in [-0.4, -0.2) is 27.7 Å². The van der Waals surface area contributed by atoms with Crippen molar-refractivity contribution in [1.82, 2.24) is 9.63 Å². The van der Waals surface area contributed by atoms with Gasteiger partial charge in [0.1, 0.15) is 5.69 Å². The molecule has 1 atom stereocenters. The molecule has 0 spiro atoms. The lowest BCUT2D eigenvalue weighted by molar-refractivity contribution is -0.201. The SMILES string of the molecule is C=CC1CN(OC(C)(C)C)C(=O)c2cc3cc(C)cc(C)c3n21. The van der Waals surface area contributed by atoms with Crippen LogP contribution in [0.5, 0.6) is 0 Å². The minimum absolute atomic E-state index is 0.00366. The highest BCUT2D eigenvalue weighted by molar-refractivity contribution is 6.00. The Labute approximate surface area is 137 Å². The van der Waals surface area contributed by atoms with Crippen LogP contribution in [0, 0.1) is 13.8 Å². The quantitative estimate of drug-likeness (QED) is 0.780. The fraction of sp³-hybridized carbons (Fsp3) is 0.421. The molecule has 0 fully saturated rings. The molecule has 4 heteroatoms. The van der Waals surface area contributed by atoms with E-state index in [0.717, 1.165) is 10.9 Å². The number of hydrogen-bond acceptors (Lipinski definition) is 2. The highest BCUT2D eigenvalue weighted by atomic mass is 16.7. The number of hydroxylamine groups is 2. The molecule has 1 aliphatic rings. The molecular formula is C19H24N2O2. The molecule has 1 amide bonds. The van der Waals surface area contributed by atoms with Gasteiger partial charge >= 0.3 is 0 Å². The van der Waals surface area contributed by atoms with Crippen molar-refractivity contribution in [3.63, 3.8) is 0 Å². The summed E-state index contributed by atoms with van der Waals surface area (Å²) in [5.74, 6) is -0.0914. The molecule has 23 heavy (non-hydrogen) atoms. The monoisotopic (exact) mass is 312 g/mol. The van der Waals surface area contributed by atoms with E-state index in [9.17, 15) is 4.79 Å². The van der Waals surface area contributed by atoms with Crippen LogP contribution in [0.1, 0.15) is 48.4 Å². The number of carbonyl (C=O) groups is 1. The molecule has 0 saturated heterocycles. The van der Waals surface area contributed by atoms with Gasteiger partial charge in [-0.05, 0) is 52.3 Å². The molecule has 0 radical (unpaired) electrons. The average Bonchev–Trinajstić information content (AvgIpc) is 2.80. The second-order valence-corrected chi connectivity index (χ2v) is 7.29. The molecule has 3 rings (SSSR count). The predicted molar refractivity (Wildman–Crippen MR) is 92.5 cm³/mol. The summed E-state index contributed by atoms with van der Waals surface area (Å²) >= 11 is 0. The minimum atomic E-state index is -0.415. The number of rotatable bonds is 2. The molecule has 0 N–H and O–H groups in total. The maximum Gasteiger partial charge on any atom is 0.294 e. The topological polar surface area (TPSA) is 34.5 Å². The molecule has 1 aromatic heterocycles. The number of fused-ring (bicyclic) bond motifs is 3. The fourth-order valence-corrected chi connectivity index (χ4v) is 3.33. The van der Waals surface area contributed by atoms with Crippen molar-refractivity contribution < 1.29 is 9.63 Å².